The topological polar surface area (TPSA) is 67.9 Å². The van der Waals surface area contributed by atoms with Crippen LogP contribution in [0, 0.1) is 5.92 Å². The van der Waals surface area contributed by atoms with Crippen molar-refractivity contribution in [2.24, 2.45) is 5.92 Å². The first-order valence-electron chi connectivity index (χ1n) is 9.70. The first kappa shape index (κ1) is 19.2. The predicted octanol–water partition coefficient (Wildman–Crippen LogP) is 2.75. The molecule has 2 aromatic rings. The summed E-state index contributed by atoms with van der Waals surface area (Å²) >= 11 is 0. The van der Waals surface area contributed by atoms with Crippen LogP contribution in [0.25, 0.3) is 0 Å². The largest absolute Gasteiger partial charge is 0.454 e. The van der Waals surface area contributed by atoms with Gasteiger partial charge in [0.25, 0.3) is 0 Å². The Morgan fingerprint density at radius 1 is 1.07 bits per heavy atom. The molecule has 0 bridgehead atoms. The molecule has 2 aromatic carbocycles. The van der Waals surface area contributed by atoms with E-state index in [1.54, 1.807) is 0 Å². The number of piperidine rings is 1. The minimum absolute atomic E-state index is 0.0256. The van der Waals surface area contributed by atoms with Crippen molar-refractivity contribution >= 4 is 10.0 Å². The van der Waals surface area contributed by atoms with E-state index in [2.05, 4.69) is 15.7 Å². The number of hydrogen-bond acceptors (Lipinski definition) is 5. The lowest BCUT2D eigenvalue weighted by Crippen LogP contribution is -2.40. The summed E-state index contributed by atoms with van der Waals surface area (Å²) in [4.78, 5) is 2.37. The van der Waals surface area contributed by atoms with E-state index in [9.17, 15) is 8.42 Å². The van der Waals surface area contributed by atoms with Crippen molar-refractivity contribution in [3.8, 4) is 11.5 Å². The Kier molecular flexibility index (Phi) is 5.85. The normalized spacial score (nSPS) is 19.6. The maximum absolute atomic E-state index is 12.4. The summed E-state index contributed by atoms with van der Waals surface area (Å²) in [6.07, 6.45) is 2.11. The third-order valence-electron chi connectivity index (χ3n) is 5.27. The molecule has 150 valence electrons. The second kappa shape index (κ2) is 8.51. The van der Waals surface area contributed by atoms with Crippen LogP contribution in [0.1, 0.15) is 24.0 Å². The van der Waals surface area contributed by atoms with E-state index >= 15 is 0 Å². The van der Waals surface area contributed by atoms with E-state index < -0.39 is 10.0 Å². The van der Waals surface area contributed by atoms with Crippen LogP contribution < -0.4 is 14.2 Å². The van der Waals surface area contributed by atoms with Gasteiger partial charge in [-0.2, -0.15) is 0 Å². The van der Waals surface area contributed by atoms with Crippen molar-refractivity contribution in [3.05, 3.63) is 59.7 Å². The van der Waals surface area contributed by atoms with E-state index in [-0.39, 0.29) is 12.5 Å². The van der Waals surface area contributed by atoms with Crippen LogP contribution in [0.5, 0.6) is 11.5 Å². The second-order valence-electron chi connectivity index (χ2n) is 7.49. The molecule has 1 atom stereocenters. The van der Waals surface area contributed by atoms with Crippen LogP contribution in [-0.2, 0) is 22.3 Å². The van der Waals surface area contributed by atoms with Crippen LogP contribution >= 0.6 is 0 Å². The molecule has 1 fully saturated rings. The minimum Gasteiger partial charge on any atom is -0.454 e. The number of nitrogens with one attached hydrogen (secondary N) is 1. The molecule has 2 aliphatic rings. The van der Waals surface area contributed by atoms with Gasteiger partial charge in [0.1, 0.15) is 0 Å². The zero-order chi connectivity index (χ0) is 19.4. The average molecular weight is 403 g/mol. The van der Waals surface area contributed by atoms with Gasteiger partial charge in [0.2, 0.25) is 16.8 Å². The molecule has 6 nitrogen and oxygen atoms in total. The number of para-hydroxylation sites is 1. The fraction of sp³-hybridized carbons (Fsp3) is 0.429. The molecule has 0 amide bonds. The summed E-state index contributed by atoms with van der Waals surface area (Å²) in [6, 6.07) is 15.3. The van der Waals surface area contributed by atoms with E-state index in [1.165, 1.54) is 0 Å². The van der Waals surface area contributed by atoms with Crippen molar-refractivity contribution < 1.29 is 17.9 Å². The molecule has 1 unspecified atom stereocenters. The molecule has 2 heterocycles. The van der Waals surface area contributed by atoms with E-state index in [0.717, 1.165) is 55.1 Å². The van der Waals surface area contributed by atoms with Gasteiger partial charge in [-0.1, -0.05) is 42.5 Å². The standard InChI is InChI=1S/C21H26N2O4S/c24-28(25,15-17-6-2-1-3-7-17)22-12-18-8-5-11-23(13-18)14-19-9-4-10-20-21(19)27-16-26-20/h1-4,6-7,9-10,18,22H,5,8,11-16H2. The molecule has 2 aliphatic heterocycles. The van der Waals surface area contributed by atoms with Crippen LogP contribution in [0.3, 0.4) is 0 Å². The highest BCUT2D eigenvalue weighted by Crippen LogP contribution is 2.36. The maximum atomic E-state index is 12.4. The maximum Gasteiger partial charge on any atom is 0.231 e. The minimum atomic E-state index is -3.32. The Hall–Kier alpha value is -2.09. The molecular formula is C21H26N2O4S. The third-order valence-corrected chi connectivity index (χ3v) is 6.59. The third kappa shape index (κ3) is 4.84. The van der Waals surface area contributed by atoms with Gasteiger partial charge in [0.05, 0.1) is 5.75 Å². The lowest BCUT2D eigenvalue weighted by molar-refractivity contribution is 0.160. The highest BCUT2D eigenvalue weighted by atomic mass is 32.2. The number of hydrogen-bond donors (Lipinski definition) is 1. The summed E-state index contributed by atoms with van der Waals surface area (Å²) in [5.74, 6) is 1.98. The zero-order valence-corrected chi connectivity index (χ0v) is 16.7. The summed E-state index contributed by atoms with van der Waals surface area (Å²) in [5, 5.41) is 0. The lowest BCUT2D eigenvalue weighted by Gasteiger charge is -2.33. The van der Waals surface area contributed by atoms with Crippen LogP contribution in [0.2, 0.25) is 0 Å². The van der Waals surface area contributed by atoms with Gasteiger partial charge in [-0.3, -0.25) is 4.90 Å². The lowest BCUT2D eigenvalue weighted by atomic mass is 9.98. The number of rotatable bonds is 7. The van der Waals surface area contributed by atoms with Gasteiger partial charge in [0, 0.05) is 25.2 Å². The Morgan fingerprint density at radius 2 is 1.93 bits per heavy atom. The molecule has 0 aromatic heterocycles. The van der Waals surface area contributed by atoms with Gasteiger partial charge >= 0.3 is 0 Å². The first-order chi connectivity index (χ1) is 13.6. The summed E-state index contributed by atoms with van der Waals surface area (Å²) < 4.78 is 38.6. The number of benzene rings is 2. The molecule has 0 radical (unpaired) electrons. The highest BCUT2D eigenvalue weighted by molar-refractivity contribution is 7.88. The second-order valence-corrected chi connectivity index (χ2v) is 9.29. The Balaban J connectivity index is 1.31. The fourth-order valence-corrected chi connectivity index (χ4v) is 5.13. The van der Waals surface area contributed by atoms with E-state index in [4.69, 9.17) is 9.47 Å². The molecule has 1 saturated heterocycles. The smallest absolute Gasteiger partial charge is 0.231 e. The Morgan fingerprint density at radius 3 is 2.79 bits per heavy atom. The highest BCUT2D eigenvalue weighted by Gasteiger charge is 2.24. The van der Waals surface area contributed by atoms with Crippen molar-refractivity contribution in [1.29, 1.82) is 0 Å². The molecule has 28 heavy (non-hydrogen) atoms. The zero-order valence-electron chi connectivity index (χ0n) is 15.8. The van der Waals surface area contributed by atoms with Gasteiger partial charge in [0.15, 0.2) is 11.5 Å². The molecular weight excluding hydrogens is 376 g/mol. The summed E-state index contributed by atoms with van der Waals surface area (Å²) in [6.45, 7) is 3.44. The van der Waals surface area contributed by atoms with Crippen molar-refractivity contribution in [2.45, 2.75) is 25.1 Å². The number of fused-ring (bicyclic) bond motifs is 1. The predicted molar refractivity (Wildman–Crippen MR) is 108 cm³/mol. The van der Waals surface area contributed by atoms with E-state index in [1.807, 2.05) is 42.5 Å². The van der Waals surface area contributed by atoms with Gasteiger partial charge in [-0.25, -0.2) is 13.1 Å². The van der Waals surface area contributed by atoms with Crippen LogP contribution in [-0.4, -0.2) is 39.7 Å². The van der Waals surface area contributed by atoms with Crippen LogP contribution in [0.15, 0.2) is 48.5 Å². The Bertz CT molecular complexity index is 902. The molecule has 1 N–H and O–H groups in total. The molecule has 7 heteroatoms. The van der Waals surface area contributed by atoms with Crippen LogP contribution in [0.4, 0.5) is 0 Å². The van der Waals surface area contributed by atoms with Gasteiger partial charge < -0.3 is 9.47 Å². The van der Waals surface area contributed by atoms with Crippen molar-refractivity contribution in [3.63, 3.8) is 0 Å². The summed E-state index contributed by atoms with van der Waals surface area (Å²) in [5.41, 5.74) is 1.93. The molecule has 0 aliphatic carbocycles. The molecule has 0 spiro atoms. The van der Waals surface area contributed by atoms with Crippen molar-refractivity contribution in [1.82, 2.24) is 9.62 Å². The summed E-state index contributed by atoms with van der Waals surface area (Å²) in [7, 11) is -3.32. The Labute approximate surface area is 166 Å². The fourth-order valence-electron chi connectivity index (χ4n) is 3.91. The van der Waals surface area contributed by atoms with E-state index in [0.29, 0.717) is 12.5 Å². The number of likely N-dealkylation sites (tertiary alicyclic amines) is 1. The monoisotopic (exact) mass is 402 g/mol. The number of nitrogens with zero attached hydrogens (tertiary/aromatic N) is 1. The molecule has 4 rings (SSSR count). The van der Waals surface area contributed by atoms with Crippen molar-refractivity contribution in [2.75, 3.05) is 26.4 Å². The number of ether oxygens (including phenoxy) is 2. The quantitative estimate of drug-likeness (QED) is 0.771. The average Bonchev–Trinajstić information content (AvgIpc) is 3.17. The van der Waals surface area contributed by atoms with Gasteiger partial charge in [-0.05, 0) is 36.9 Å². The van der Waals surface area contributed by atoms with Gasteiger partial charge in [-0.15, -0.1) is 0 Å². The molecule has 0 saturated carbocycles. The number of sulfonamides is 1. The SMILES string of the molecule is O=S(=O)(Cc1ccccc1)NCC1CCCN(Cc2cccc3c2OCO3)C1. The first-order valence-corrected chi connectivity index (χ1v) is 11.4.